The third kappa shape index (κ3) is 2.43. The normalized spacial score (nSPS) is 15.3. The molecule has 0 amide bonds. The Hall–Kier alpha value is -1.23. The minimum Gasteiger partial charge on any atom is -0.384 e. The number of hydrogen-bond donors (Lipinski definition) is 1. The quantitative estimate of drug-likeness (QED) is 0.913. The van der Waals surface area contributed by atoms with Crippen LogP contribution in [0.25, 0.3) is 0 Å². The molecule has 0 radical (unpaired) electrons. The van der Waals surface area contributed by atoms with Gasteiger partial charge in [0.25, 0.3) is 0 Å². The van der Waals surface area contributed by atoms with E-state index in [1.54, 1.807) is 6.07 Å². The standard InChI is InChI=1S/C15H12BrFO2/c16-14-6-12(17)3-4-13(14)15(18)9-1-2-10-7-19-8-11(10)5-9/h1-6,15,18H,7-8H2. The second-order valence-electron chi connectivity index (χ2n) is 4.59. The summed E-state index contributed by atoms with van der Waals surface area (Å²) in [5, 5.41) is 10.4. The molecule has 0 aliphatic carbocycles. The van der Waals surface area contributed by atoms with Crippen molar-refractivity contribution in [3.05, 3.63) is 68.9 Å². The van der Waals surface area contributed by atoms with Crippen LogP contribution in [0.2, 0.25) is 0 Å². The number of aliphatic hydroxyl groups excluding tert-OH is 1. The first kappa shape index (κ1) is 12.8. The molecule has 0 saturated carbocycles. The van der Waals surface area contributed by atoms with Gasteiger partial charge in [-0.25, -0.2) is 4.39 Å². The average Bonchev–Trinajstić information content (AvgIpc) is 2.85. The minimum absolute atomic E-state index is 0.329. The maximum atomic E-state index is 13.1. The Morgan fingerprint density at radius 2 is 1.89 bits per heavy atom. The predicted octanol–water partition coefficient (Wildman–Crippen LogP) is 3.70. The maximum absolute atomic E-state index is 13.1. The third-order valence-corrected chi connectivity index (χ3v) is 4.01. The maximum Gasteiger partial charge on any atom is 0.124 e. The van der Waals surface area contributed by atoms with Crippen LogP contribution in [0.5, 0.6) is 0 Å². The molecule has 1 aliphatic heterocycles. The molecule has 1 heterocycles. The van der Waals surface area contributed by atoms with E-state index in [2.05, 4.69) is 15.9 Å². The fourth-order valence-corrected chi connectivity index (χ4v) is 2.83. The van der Waals surface area contributed by atoms with E-state index in [0.29, 0.717) is 23.2 Å². The number of aliphatic hydroxyl groups is 1. The van der Waals surface area contributed by atoms with Crippen molar-refractivity contribution in [2.24, 2.45) is 0 Å². The lowest BCUT2D eigenvalue weighted by atomic mass is 9.98. The van der Waals surface area contributed by atoms with E-state index < -0.39 is 6.10 Å². The van der Waals surface area contributed by atoms with E-state index >= 15 is 0 Å². The summed E-state index contributed by atoms with van der Waals surface area (Å²) < 4.78 is 19.0. The van der Waals surface area contributed by atoms with Crippen molar-refractivity contribution in [2.45, 2.75) is 19.3 Å². The van der Waals surface area contributed by atoms with Crippen molar-refractivity contribution in [3.63, 3.8) is 0 Å². The highest BCUT2D eigenvalue weighted by Gasteiger charge is 2.18. The zero-order valence-electron chi connectivity index (χ0n) is 10.1. The Balaban J connectivity index is 1.97. The highest BCUT2D eigenvalue weighted by Crippen LogP contribution is 2.31. The van der Waals surface area contributed by atoms with Crippen LogP contribution in [-0.2, 0) is 18.0 Å². The zero-order chi connectivity index (χ0) is 13.4. The van der Waals surface area contributed by atoms with Gasteiger partial charge in [-0.1, -0.05) is 40.2 Å². The molecule has 0 saturated heterocycles. The van der Waals surface area contributed by atoms with Gasteiger partial charge in [0.1, 0.15) is 11.9 Å². The summed E-state index contributed by atoms with van der Waals surface area (Å²) in [6, 6.07) is 10.1. The van der Waals surface area contributed by atoms with Gasteiger partial charge < -0.3 is 9.84 Å². The molecule has 98 valence electrons. The van der Waals surface area contributed by atoms with Gasteiger partial charge in [-0.2, -0.15) is 0 Å². The van der Waals surface area contributed by atoms with Gasteiger partial charge in [-0.15, -0.1) is 0 Å². The smallest absolute Gasteiger partial charge is 0.124 e. The number of fused-ring (bicyclic) bond motifs is 1. The van der Waals surface area contributed by atoms with Gasteiger partial charge in [-0.05, 0) is 34.4 Å². The van der Waals surface area contributed by atoms with E-state index in [0.717, 1.165) is 16.7 Å². The molecule has 1 aliphatic rings. The van der Waals surface area contributed by atoms with Gasteiger partial charge in [-0.3, -0.25) is 0 Å². The van der Waals surface area contributed by atoms with Crippen LogP contribution < -0.4 is 0 Å². The first-order valence-corrected chi connectivity index (χ1v) is 6.77. The number of hydrogen-bond acceptors (Lipinski definition) is 2. The molecule has 0 bridgehead atoms. The average molecular weight is 323 g/mol. The highest BCUT2D eigenvalue weighted by molar-refractivity contribution is 9.10. The predicted molar refractivity (Wildman–Crippen MR) is 73.1 cm³/mol. The van der Waals surface area contributed by atoms with Crippen molar-refractivity contribution in [3.8, 4) is 0 Å². The lowest BCUT2D eigenvalue weighted by Crippen LogP contribution is -2.02. The van der Waals surface area contributed by atoms with Crippen LogP contribution in [-0.4, -0.2) is 5.11 Å². The van der Waals surface area contributed by atoms with Crippen molar-refractivity contribution in [1.82, 2.24) is 0 Å². The first-order chi connectivity index (χ1) is 9.15. The first-order valence-electron chi connectivity index (χ1n) is 5.97. The molecule has 0 aromatic heterocycles. The van der Waals surface area contributed by atoms with E-state index in [4.69, 9.17) is 4.74 Å². The molecule has 1 unspecified atom stereocenters. The number of ether oxygens (including phenoxy) is 1. The minimum atomic E-state index is -0.777. The van der Waals surface area contributed by atoms with Gasteiger partial charge >= 0.3 is 0 Å². The van der Waals surface area contributed by atoms with Crippen LogP contribution in [0.15, 0.2) is 40.9 Å². The van der Waals surface area contributed by atoms with Gasteiger partial charge in [0.2, 0.25) is 0 Å². The van der Waals surface area contributed by atoms with Gasteiger partial charge in [0.05, 0.1) is 13.2 Å². The molecule has 1 N–H and O–H groups in total. The Morgan fingerprint density at radius 1 is 1.11 bits per heavy atom. The SMILES string of the molecule is OC(c1ccc2c(c1)COC2)c1ccc(F)cc1Br. The molecule has 0 spiro atoms. The van der Waals surface area contributed by atoms with Gasteiger partial charge in [0.15, 0.2) is 0 Å². The highest BCUT2D eigenvalue weighted by atomic mass is 79.9. The molecule has 2 nitrogen and oxygen atoms in total. The topological polar surface area (TPSA) is 29.5 Å². The third-order valence-electron chi connectivity index (χ3n) is 3.32. The monoisotopic (exact) mass is 322 g/mol. The summed E-state index contributed by atoms with van der Waals surface area (Å²) in [5.41, 5.74) is 3.71. The van der Waals surface area contributed by atoms with Crippen molar-refractivity contribution >= 4 is 15.9 Å². The largest absolute Gasteiger partial charge is 0.384 e. The summed E-state index contributed by atoms with van der Waals surface area (Å²) in [7, 11) is 0. The molecule has 19 heavy (non-hydrogen) atoms. The number of rotatable bonds is 2. The van der Waals surface area contributed by atoms with Crippen molar-refractivity contribution in [2.75, 3.05) is 0 Å². The summed E-state index contributed by atoms with van der Waals surface area (Å²) in [5.74, 6) is -0.329. The molecule has 3 rings (SSSR count). The van der Waals surface area contributed by atoms with Gasteiger partial charge in [0, 0.05) is 4.47 Å². The van der Waals surface area contributed by atoms with E-state index in [1.807, 2.05) is 18.2 Å². The summed E-state index contributed by atoms with van der Waals surface area (Å²) in [4.78, 5) is 0. The number of halogens is 2. The molecule has 2 aromatic carbocycles. The van der Waals surface area contributed by atoms with E-state index in [9.17, 15) is 9.50 Å². The summed E-state index contributed by atoms with van der Waals surface area (Å²) >= 11 is 3.28. The van der Waals surface area contributed by atoms with Crippen molar-refractivity contribution in [1.29, 1.82) is 0 Å². The lowest BCUT2D eigenvalue weighted by molar-refractivity contribution is 0.134. The molecular formula is C15H12BrFO2. The Morgan fingerprint density at radius 3 is 2.68 bits per heavy atom. The Bertz CT molecular complexity index is 628. The Labute approximate surface area is 119 Å². The van der Waals surface area contributed by atoms with Crippen LogP contribution in [0.4, 0.5) is 4.39 Å². The van der Waals surface area contributed by atoms with Crippen LogP contribution in [0.3, 0.4) is 0 Å². The Kier molecular flexibility index (Phi) is 3.39. The fourth-order valence-electron chi connectivity index (χ4n) is 2.26. The molecule has 2 aromatic rings. The second kappa shape index (κ2) is 5.04. The van der Waals surface area contributed by atoms with Crippen LogP contribution >= 0.6 is 15.9 Å². The van der Waals surface area contributed by atoms with Crippen LogP contribution in [0, 0.1) is 5.82 Å². The second-order valence-corrected chi connectivity index (χ2v) is 5.44. The van der Waals surface area contributed by atoms with Crippen LogP contribution in [0.1, 0.15) is 28.4 Å². The molecule has 4 heteroatoms. The molecular weight excluding hydrogens is 311 g/mol. The van der Waals surface area contributed by atoms with E-state index in [-0.39, 0.29) is 5.82 Å². The summed E-state index contributed by atoms with van der Waals surface area (Å²) in [6.45, 7) is 1.21. The fraction of sp³-hybridized carbons (Fsp3) is 0.200. The molecule has 1 atom stereocenters. The van der Waals surface area contributed by atoms with E-state index in [1.165, 1.54) is 12.1 Å². The number of benzene rings is 2. The zero-order valence-corrected chi connectivity index (χ0v) is 11.7. The summed E-state index contributed by atoms with van der Waals surface area (Å²) in [6.07, 6.45) is -0.777. The molecule has 0 fully saturated rings. The van der Waals surface area contributed by atoms with Crippen molar-refractivity contribution < 1.29 is 14.2 Å². The lowest BCUT2D eigenvalue weighted by Gasteiger charge is -2.14.